The van der Waals surface area contributed by atoms with Crippen LogP contribution in [0, 0.1) is 11.6 Å². The first-order valence-corrected chi connectivity index (χ1v) is 5.84. The first kappa shape index (κ1) is 14.7. The molecule has 0 aliphatic heterocycles. The first-order chi connectivity index (χ1) is 8.32. The minimum atomic E-state index is -0.819. The summed E-state index contributed by atoms with van der Waals surface area (Å²) in [4.78, 5) is 13.2. The Bertz CT molecular complexity index is 429. The molecule has 1 amide bonds. The van der Waals surface area contributed by atoms with Crippen LogP contribution < -0.4 is 5.32 Å². The van der Waals surface area contributed by atoms with E-state index in [-0.39, 0.29) is 29.2 Å². The second-order valence-electron chi connectivity index (χ2n) is 4.20. The number of hydrogen-bond acceptors (Lipinski definition) is 2. The van der Waals surface area contributed by atoms with Gasteiger partial charge in [0.1, 0.15) is 5.82 Å². The van der Waals surface area contributed by atoms with Gasteiger partial charge in [-0.15, -0.1) is 0 Å². The third kappa shape index (κ3) is 3.57. The summed E-state index contributed by atoms with van der Waals surface area (Å²) in [5.74, 6) is -1.78. The summed E-state index contributed by atoms with van der Waals surface area (Å²) < 4.78 is 26.2. The second-order valence-corrected chi connectivity index (χ2v) is 4.60. The van der Waals surface area contributed by atoms with Crippen LogP contribution >= 0.6 is 11.6 Å². The van der Waals surface area contributed by atoms with Gasteiger partial charge < -0.3 is 10.2 Å². The van der Waals surface area contributed by atoms with Gasteiger partial charge in [-0.3, -0.25) is 4.79 Å². The summed E-state index contributed by atoms with van der Waals surface area (Å²) in [6.45, 7) is 3.63. The van der Waals surface area contributed by atoms with Crippen LogP contribution in [0.1, 0.15) is 13.8 Å². The van der Waals surface area contributed by atoms with Crippen molar-refractivity contribution >= 4 is 23.2 Å². The van der Waals surface area contributed by atoms with Crippen LogP contribution in [0.25, 0.3) is 0 Å². The molecule has 1 N–H and O–H groups in total. The summed E-state index contributed by atoms with van der Waals surface area (Å²) in [5, 5.41) is 2.49. The fourth-order valence-electron chi connectivity index (χ4n) is 1.29. The van der Waals surface area contributed by atoms with Crippen molar-refractivity contribution in [2.75, 3.05) is 18.9 Å². The maximum Gasteiger partial charge on any atom is 0.241 e. The monoisotopic (exact) mass is 276 g/mol. The number of carbonyl (C=O) groups excluding carboxylic acids is 1. The van der Waals surface area contributed by atoms with Crippen molar-refractivity contribution in [3.63, 3.8) is 0 Å². The smallest absolute Gasteiger partial charge is 0.241 e. The SMILES string of the molecule is CC(C)N(C)C(=O)CNc1c(F)cc(F)cc1Cl. The van der Waals surface area contributed by atoms with Gasteiger partial charge in [-0.25, -0.2) is 8.78 Å². The number of anilines is 1. The number of nitrogens with zero attached hydrogens (tertiary/aromatic N) is 1. The molecule has 0 aliphatic carbocycles. The van der Waals surface area contributed by atoms with E-state index in [2.05, 4.69) is 5.32 Å². The molecule has 0 fully saturated rings. The lowest BCUT2D eigenvalue weighted by Crippen LogP contribution is -2.37. The molecule has 6 heteroatoms. The average Bonchev–Trinajstić information content (AvgIpc) is 2.25. The molecular weight excluding hydrogens is 262 g/mol. The van der Waals surface area contributed by atoms with Gasteiger partial charge in [0.15, 0.2) is 5.82 Å². The Balaban J connectivity index is 2.73. The molecule has 0 saturated heterocycles. The van der Waals surface area contributed by atoms with Gasteiger partial charge in [-0.1, -0.05) is 11.6 Å². The third-order valence-electron chi connectivity index (χ3n) is 2.59. The molecule has 18 heavy (non-hydrogen) atoms. The Kier molecular flexibility index (Phi) is 4.90. The molecule has 0 radical (unpaired) electrons. The number of carbonyl (C=O) groups is 1. The quantitative estimate of drug-likeness (QED) is 0.917. The Labute approximate surface area is 110 Å². The highest BCUT2D eigenvalue weighted by molar-refractivity contribution is 6.33. The van der Waals surface area contributed by atoms with Crippen molar-refractivity contribution in [3.05, 3.63) is 28.8 Å². The molecule has 0 unspecified atom stereocenters. The van der Waals surface area contributed by atoms with Gasteiger partial charge in [0.05, 0.1) is 17.3 Å². The highest BCUT2D eigenvalue weighted by atomic mass is 35.5. The molecule has 0 bridgehead atoms. The zero-order chi connectivity index (χ0) is 13.9. The molecule has 1 rings (SSSR count). The molecule has 0 spiro atoms. The van der Waals surface area contributed by atoms with Crippen molar-refractivity contribution < 1.29 is 13.6 Å². The van der Waals surface area contributed by atoms with Crippen molar-refractivity contribution in [1.29, 1.82) is 0 Å². The Hall–Kier alpha value is -1.36. The zero-order valence-electron chi connectivity index (χ0n) is 10.4. The van der Waals surface area contributed by atoms with E-state index in [9.17, 15) is 13.6 Å². The van der Waals surface area contributed by atoms with E-state index in [1.54, 1.807) is 7.05 Å². The molecule has 0 atom stereocenters. The molecule has 0 aliphatic rings. The van der Waals surface area contributed by atoms with Gasteiger partial charge in [-0.2, -0.15) is 0 Å². The van der Waals surface area contributed by atoms with Gasteiger partial charge in [0.2, 0.25) is 5.91 Å². The van der Waals surface area contributed by atoms with Gasteiger partial charge in [0.25, 0.3) is 0 Å². The molecule has 0 saturated carbocycles. The van der Waals surface area contributed by atoms with Crippen LogP contribution in [0.3, 0.4) is 0 Å². The number of benzene rings is 1. The fourth-order valence-corrected chi connectivity index (χ4v) is 1.55. The minimum Gasteiger partial charge on any atom is -0.373 e. The van der Waals surface area contributed by atoms with E-state index in [0.29, 0.717) is 6.07 Å². The molecule has 0 aromatic heterocycles. The first-order valence-electron chi connectivity index (χ1n) is 5.47. The standard InChI is InChI=1S/C12H15ClF2N2O/c1-7(2)17(3)11(18)6-16-12-9(13)4-8(14)5-10(12)15/h4-5,7,16H,6H2,1-3H3. The van der Waals surface area contributed by atoms with Crippen LogP contribution in [0.4, 0.5) is 14.5 Å². The average molecular weight is 277 g/mol. The summed E-state index contributed by atoms with van der Waals surface area (Å²) in [5.41, 5.74) is -0.0661. The Morgan fingerprint density at radius 1 is 1.44 bits per heavy atom. The molecular formula is C12H15ClF2N2O. The van der Waals surface area contributed by atoms with Gasteiger partial charge >= 0.3 is 0 Å². The third-order valence-corrected chi connectivity index (χ3v) is 2.89. The molecule has 1 aromatic carbocycles. The molecule has 1 aromatic rings. The van der Waals surface area contributed by atoms with Crippen LogP contribution in [0.5, 0.6) is 0 Å². The van der Waals surface area contributed by atoms with Crippen LogP contribution in [0.15, 0.2) is 12.1 Å². The Morgan fingerprint density at radius 2 is 2.06 bits per heavy atom. The highest BCUT2D eigenvalue weighted by Gasteiger charge is 2.14. The predicted octanol–water partition coefficient (Wildman–Crippen LogP) is 2.90. The van der Waals surface area contributed by atoms with Crippen LogP contribution in [0.2, 0.25) is 5.02 Å². The zero-order valence-corrected chi connectivity index (χ0v) is 11.2. The van der Waals surface area contributed by atoms with E-state index in [4.69, 9.17) is 11.6 Å². The van der Waals surface area contributed by atoms with Crippen LogP contribution in [-0.4, -0.2) is 30.4 Å². The van der Waals surface area contributed by atoms with E-state index < -0.39 is 11.6 Å². The Morgan fingerprint density at radius 3 is 2.56 bits per heavy atom. The van der Waals surface area contributed by atoms with E-state index in [1.165, 1.54) is 4.90 Å². The number of halogens is 3. The van der Waals surface area contributed by atoms with E-state index in [1.807, 2.05) is 13.8 Å². The lowest BCUT2D eigenvalue weighted by atomic mass is 10.3. The number of likely N-dealkylation sites (N-methyl/N-ethyl adjacent to an activating group) is 1. The van der Waals surface area contributed by atoms with Crippen LogP contribution in [-0.2, 0) is 4.79 Å². The number of amides is 1. The summed E-state index contributed by atoms with van der Waals surface area (Å²) in [7, 11) is 1.65. The molecule has 100 valence electrons. The van der Waals surface area contributed by atoms with E-state index in [0.717, 1.165) is 6.07 Å². The van der Waals surface area contributed by atoms with Crippen molar-refractivity contribution in [1.82, 2.24) is 4.90 Å². The molecule has 0 heterocycles. The summed E-state index contributed by atoms with van der Waals surface area (Å²) >= 11 is 5.69. The highest BCUT2D eigenvalue weighted by Crippen LogP contribution is 2.26. The van der Waals surface area contributed by atoms with Crippen molar-refractivity contribution in [2.45, 2.75) is 19.9 Å². The van der Waals surface area contributed by atoms with Gasteiger partial charge in [0, 0.05) is 19.2 Å². The largest absolute Gasteiger partial charge is 0.373 e. The second kappa shape index (κ2) is 6.00. The van der Waals surface area contributed by atoms with Crippen molar-refractivity contribution in [2.24, 2.45) is 0 Å². The number of nitrogens with one attached hydrogen (secondary N) is 1. The normalized spacial score (nSPS) is 10.6. The summed E-state index contributed by atoms with van der Waals surface area (Å²) in [6, 6.07) is 1.75. The van der Waals surface area contributed by atoms with E-state index >= 15 is 0 Å². The maximum absolute atomic E-state index is 13.4. The minimum absolute atomic E-state index is 0.0489. The van der Waals surface area contributed by atoms with Gasteiger partial charge in [-0.05, 0) is 19.9 Å². The maximum atomic E-state index is 13.4. The van der Waals surface area contributed by atoms with Crippen molar-refractivity contribution in [3.8, 4) is 0 Å². The number of rotatable bonds is 4. The topological polar surface area (TPSA) is 32.3 Å². The lowest BCUT2D eigenvalue weighted by Gasteiger charge is -2.22. The summed E-state index contributed by atoms with van der Waals surface area (Å²) in [6.07, 6.45) is 0. The number of hydrogen-bond donors (Lipinski definition) is 1. The molecule has 3 nitrogen and oxygen atoms in total. The fraction of sp³-hybridized carbons (Fsp3) is 0.417. The predicted molar refractivity (Wildman–Crippen MR) is 67.8 cm³/mol. The lowest BCUT2D eigenvalue weighted by molar-refractivity contribution is -0.129.